The summed E-state index contributed by atoms with van der Waals surface area (Å²) in [5.74, 6) is 0.919. The number of hydrogen-bond acceptors (Lipinski definition) is 8. The van der Waals surface area contributed by atoms with E-state index in [1.807, 2.05) is 0 Å². The van der Waals surface area contributed by atoms with Crippen LogP contribution in [0.3, 0.4) is 0 Å². The first-order valence-electron chi connectivity index (χ1n) is 11.2. The minimum Gasteiger partial charge on any atom is -0.454 e. The fourth-order valence-electron chi connectivity index (χ4n) is 4.19. The van der Waals surface area contributed by atoms with Gasteiger partial charge in [0.2, 0.25) is 12.7 Å². The zero-order valence-corrected chi connectivity index (χ0v) is 18.1. The highest BCUT2D eigenvalue weighted by Crippen LogP contribution is 2.32. The molecule has 0 spiro atoms. The Morgan fingerprint density at radius 3 is 2.75 bits per heavy atom. The Hall–Kier alpha value is -2.40. The van der Waals surface area contributed by atoms with Gasteiger partial charge in [0.05, 0.1) is 38.5 Å². The third-order valence-electron chi connectivity index (χ3n) is 6.01. The molecule has 2 saturated heterocycles. The summed E-state index contributed by atoms with van der Waals surface area (Å²) < 4.78 is 21.9. The van der Waals surface area contributed by atoms with E-state index in [2.05, 4.69) is 15.5 Å². The van der Waals surface area contributed by atoms with E-state index in [0.29, 0.717) is 56.2 Å². The second kappa shape index (κ2) is 11.0. The van der Waals surface area contributed by atoms with E-state index in [1.165, 1.54) is 0 Å². The zero-order valence-electron chi connectivity index (χ0n) is 18.1. The van der Waals surface area contributed by atoms with Crippen molar-refractivity contribution < 1.29 is 33.6 Å². The molecule has 1 aromatic rings. The Bertz CT molecular complexity index is 800. The lowest BCUT2D eigenvalue weighted by molar-refractivity contribution is -0.123. The topological polar surface area (TPSA) is 119 Å². The third kappa shape index (κ3) is 5.89. The van der Waals surface area contributed by atoms with Crippen LogP contribution in [0.15, 0.2) is 18.2 Å². The molecular formula is C22H31N3O7. The van der Waals surface area contributed by atoms with Gasteiger partial charge >= 0.3 is 0 Å². The molecule has 4 rings (SSSR count). The van der Waals surface area contributed by atoms with Crippen LogP contribution in [0.25, 0.3) is 0 Å². The minimum absolute atomic E-state index is 0.00437. The number of fused-ring (bicyclic) bond motifs is 1. The molecule has 0 saturated carbocycles. The lowest BCUT2D eigenvalue weighted by Crippen LogP contribution is -2.51. The van der Waals surface area contributed by atoms with Gasteiger partial charge in [0.25, 0.3) is 5.91 Å². The van der Waals surface area contributed by atoms with E-state index in [9.17, 15) is 14.7 Å². The Labute approximate surface area is 187 Å². The molecule has 3 aliphatic rings. The van der Waals surface area contributed by atoms with Crippen molar-refractivity contribution in [2.45, 2.75) is 37.5 Å². The number of nitrogens with zero attached hydrogens (tertiary/aromatic N) is 1. The number of carbonyl (C=O) groups is 2. The summed E-state index contributed by atoms with van der Waals surface area (Å²) in [7, 11) is 0. The Morgan fingerprint density at radius 1 is 1.12 bits per heavy atom. The van der Waals surface area contributed by atoms with Crippen molar-refractivity contribution in [3.8, 4) is 11.5 Å². The van der Waals surface area contributed by atoms with Crippen molar-refractivity contribution in [2.24, 2.45) is 0 Å². The van der Waals surface area contributed by atoms with Crippen molar-refractivity contribution in [1.82, 2.24) is 15.5 Å². The molecule has 2 amide bonds. The number of morpholine rings is 1. The van der Waals surface area contributed by atoms with Crippen molar-refractivity contribution in [2.75, 3.05) is 52.8 Å². The van der Waals surface area contributed by atoms with Gasteiger partial charge in [-0.05, 0) is 37.5 Å². The Morgan fingerprint density at radius 2 is 1.94 bits per heavy atom. The number of benzene rings is 1. The monoisotopic (exact) mass is 449 g/mol. The Kier molecular flexibility index (Phi) is 7.80. The summed E-state index contributed by atoms with van der Waals surface area (Å²) >= 11 is 0. The molecule has 3 heterocycles. The fourth-order valence-corrected chi connectivity index (χ4v) is 4.19. The lowest BCUT2D eigenvalue weighted by Gasteiger charge is -2.36. The van der Waals surface area contributed by atoms with Gasteiger partial charge in [-0.25, -0.2) is 0 Å². The van der Waals surface area contributed by atoms with Crippen LogP contribution in [0, 0.1) is 0 Å². The van der Waals surface area contributed by atoms with Gasteiger partial charge in [0.15, 0.2) is 11.5 Å². The standard InChI is InChI=1S/C22H31N3O7/c26-13-20-17(24-22(28)15-1-4-18-19(11-15)31-14-30-18)3-2-16(32-20)5-6-23-21(27)12-25-7-9-29-10-8-25/h1,4,11,16-17,20,26H,2-3,5-10,12-14H2,(H,23,27)(H,24,28)/t16-,17-,20-/m0/s1. The number of nitrogens with one attached hydrogen (secondary N) is 2. The molecule has 1 aromatic carbocycles. The highest BCUT2D eigenvalue weighted by atomic mass is 16.7. The van der Waals surface area contributed by atoms with E-state index in [-0.39, 0.29) is 37.4 Å². The highest BCUT2D eigenvalue weighted by Gasteiger charge is 2.32. The van der Waals surface area contributed by atoms with E-state index >= 15 is 0 Å². The van der Waals surface area contributed by atoms with Crippen molar-refractivity contribution >= 4 is 11.8 Å². The molecule has 0 bridgehead atoms. The summed E-state index contributed by atoms with van der Waals surface area (Å²) in [5, 5.41) is 15.7. The second-order valence-corrected chi connectivity index (χ2v) is 8.23. The number of aliphatic hydroxyl groups is 1. The van der Waals surface area contributed by atoms with Crippen LogP contribution in [0.2, 0.25) is 0 Å². The number of rotatable bonds is 8. The van der Waals surface area contributed by atoms with E-state index in [1.54, 1.807) is 18.2 Å². The van der Waals surface area contributed by atoms with Crippen LogP contribution in [0.1, 0.15) is 29.6 Å². The van der Waals surface area contributed by atoms with E-state index < -0.39 is 6.10 Å². The predicted molar refractivity (Wildman–Crippen MR) is 114 cm³/mol. The van der Waals surface area contributed by atoms with E-state index in [0.717, 1.165) is 19.5 Å². The van der Waals surface area contributed by atoms with Gasteiger partial charge in [0, 0.05) is 25.2 Å². The van der Waals surface area contributed by atoms with Crippen LogP contribution in [-0.4, -0.2) is 92.9 Å². The van der Waals surface area contributed by atoms with Crippen molar-refractivity contribution in [1.29, 1.82) is 0 Å². The molecule has 0 aliphatic carbocycles. The number of ether oxygens (including phenoxy) is 4. The first-order chi connectivity index (χ1) is 15.6. The second-order valence-electron chi connectivity index (χ2n) is 8.23. The van der Waals surface area contributed by atoms with Crippen LogP contribution in [0.5, 0.6) is 11.5 Å². The maximum Gasteiger partial charge on any atom is 0.251 e. The van der Waals surface area contributed by atoms with Gasteiger partial charge in [-0.15, -0.1) is 0 Å². The van der Waals surface area contributed by atoms with Gasteiger partial charge in [-0.1, -0.05) is 0 Å². The van der Waals surface area contributed by atoms with Gasteiger partial charge < -0.3 is 34.7 Å². The highest BCUT2D eigenvalue weighted by molar-refractivity contribution is 5.95. The molecule has 10 nitrogen and oxygen atoms in total. The molecule has 10 heteroatoms. The first kappa shape index (κ1) is 22.8. The minimum atomic E-state index is -0.490. The fraction of sp³-hybridized carbons (Fsp3) is 0.636. The largest absolute Gasteiger partial charge is 0.454 e. The zero-order chi connectivity index (χ0) is 22.3. The van der Waals surface area contributed by atoms with Gasteiger partial charge in [-0.2, -0.15) is 0 Å². The van der Waals surface area contributed by atoms with Gasteiger partial charge in [-0.3, -0.25) is 14.5 Å². The average molecular weight is 450 g/mol. The summed E-state index contributed by atoms with van der Waals surface area (Å²) in [4.78, 5) is 26.9. The molecule has 0 radical (unpaired) electrons. The van der Waals surface area contributed by atoms with Crippen LogP contribution < -0.4 is 20.1 Å². The van der Waals surface area contributed by atoms with Crippen LogP contribution in [0.4, 0.5) is 0 Å². The Balaban J connectivity index is 1.19. The van der Waals surface area contributed by atoms with Crippen molar-refractivity contribution in [3.63, 3.8) is 0 Å². The normalized spacial score (nSPS) is 25.3. The van der Waals surface area contributed by atoms with Crippen LogP contribution >= 0.6 is 0 Å². The number of amides is 2. The van der Waals surface area contributed by atoms with Crippen molar-refractivity contribution in [3.05, 3.63) is 23.8 Å². The molecule has 0 unspecified atom stereocenters. The maximum absolute atomic E-state index is 12.7. The molecule has 0 aromatic heterocycles. The maximum atomic E-state index is 12.7. The number of hydrogen-bond donors (Lipinski definition) is 3. The molecule has 2 fully saturated rings. The molecule has 176 valence electrons. The average Bonchev–Trinajstić information content (AvgIpc) is 3.28. The SMILES string of the molecule is O=C(CN1CCOCC1)NCC[C@@H]1CC[C@H](NC(=O)c2ccc3c(c2)OCO3)[C@H](CO)O1. The first-order valence-corrected chi connectivity index (χ1v) is 11.2. The molecule has 3 N–H and O–H groups in total. The summed E-state index contributed by atoms with van der Waals surface area (Å²) in [6.07, 6.45) is 1.52. The van der Waals surface area contributed by atoms with Gasteiger partial charge in [0.1, 0.15) is 6.10 Å². The lowest BCUT2D eigenvalue weighted by atomic mass is 9.96. The smallest absolute Gasteiger partial charge is 0.251 e. The van der Waals surface area contributed by atoms with E-state index in [4.69, 9.17) is 18.9 Å². The number of carbonyl (C=O) groups excluding carboxylic acids is 2. The molecule has 32 heavy (non-hydrogen) atoms. The molecule has 3 aliphatic heterocycles. The predicted octanol–water partition coefficient (Wildman–Crippen LogP) is -0.108. The summed E-state index contributed by atoms with van der Waals surface area (Å²) in [6.45, 7) is 3.73. The molecular weight excluding hydrogens is 418 g/mol. The third-order valence-corrected chi connectivity index (χ3v) is 6.01. The van der Waals surface area contributed by atoms with Crippen LogP contribution in [-0.2, 0) is 14.3 Å². The quantitative estimate of drug-likeness (QED) is 0.503. The summed E-state index contributed by atoms with van der Waals surface area (Å²) in [5.41, 5.74) is 0.469. The summed E-state index contributed by atoms with van der Waals surface area (Å²) in [6, 6.07) is 4.76. The number of aliphatic hydroxyl groups excluding tert-OH is 1. The molecule has 3 atom stereocenters.